The third-order valence-electron chi connectivity index (χ3n) is 2.66. The van der Waals surface area contributed by atoms with E-state index in [0.29, 0.717) is 0 Å². The van der Waals surface area contributed by atoms with Crippen LogP contribution in [0.1, 0.15) is 32.8 Å². The fraction of sp³-hybridized carbons (Fsp3) is 0.467. The maximum atomic E-state index is 13.5. The van der Waals surface area contributed by atoms with Crippen molar-refractivity contribution < 1.29 is 27.1 Å². The van der Waals surface area contributed by atoms with E-state index in [1.807, 2.05) is 0 Å². The van der Waals surface area contributed by atoms with Crippen molar-refractivity contribution in [1.29, 1.82) is 0 Å². The number of hydrogen-bond donors (Lipinski definition) is 2. The SMILES string of the molecule is CC(C)(C)OC(=O)N[C@H](C/C=C/c1cnc(N)cc1F)C(F)(F)F. The number of nitrogen functional groups attached to an aromatic ring is 1. The molecule has 9 heteroatoms. The number of rotatable bonds is 4. The molecule has 0 spiro atoms. The lowest BCUT2D eigenvalue weighted by Gasteiger charge is -2.24. The molecule has 1 rings (SSSR count). The summed E-state index contributed by atoms with van der Waals surface area (Å²) in [6.07, 6.45) is -3.13. The van der Waals surface area contributed by atoms with Crippen LogP contribution in [0.15, 0.2) is 18.3 Å². The number of nitrogens with two attached hydrogens (primary N) is 1. The minimum absolute atomic E-state index is 0.0117. The summed E-state index contributed by atoms with van der Waals surface area (Å²) in [5.74, 6) is -0.744. The molecule has 1 aromatic heterocycles. The van der Waals surface area contributed by atoms with Gasteiger partial charge in [0.1, 0.15) is 23.3 Å². The maximum Gasteiger partial charge on any atom is 0.409 e. The first kappa shape index (κ1) is 19.7. The van der Waals surface area contributed by atoms with Crippen molar-refractivity contribution in [1.82, 2.24) is 10.3 Å². The van der Waals surface area contributed by atoms with Crippen LogP contribution in [0.5, 0.6) is 0 Å². The zero-order chi connectivity index (χ0) is 18.5. The highest BCUT2D eigenvalue weighted by Crippen LogP contribution is 2.24. The molecule has 0 saturated carbocycles. The van der Waals surface area contributed by atoms with Gasteiger partial charge in [-0.05, 0) is 27.2 Å². The average Bonchev–Trinajstić information content (AvgIpc) is 2.36. The molecular weight excluding hydrogens is 330 g/mol. The zero-order valence-electron chi connectivity index (χ0n) is 13.4. The molecule has 3 N–H and O–H groups in total. The minimum atomic E-state index is -4.68. The van der Waals surface area contributed by atoms with Gasteiger partial charge in [-0.25, -0.2) is 14.2 Å². The van der Waals surface area contributed by atoms with Crippen molar-refractivity contribution in [3.05, 3.63) is 29.7 Å². The molecule has 1 atom stereocenters. The summed E-state index contributed by atoms with van der Waals surface area (Å²) in [5.41, 5.74) is 4.35. The molecule has 0 unspecified atom stereocenters. The largest absolute Gasteiger partial charge is 0.444 e. The molecule has 24 heavy (non-hydrogen) atoms. The number of pyridine rings is 1. The van der Waals surface area contributed by atoms with Crippen LogP contribution < -0.4 is 11.1 Å². The van der Waals surface area contributed by atoms with Gasteiger partial charge >= 0.3 is 12.3 Å². The number of amides is 1. The van der Waals surface area contributed by atoms with Crippen LogP contribution in [0.2, 0.25) is 0 Å². The van der Waals surface area contributed by atoms with E-state index < -0.39 is 36.2 Å². The van der Waals surface area contributed by atoms with Crippen molar-refractivity contribution in [3.63, 3.8) is 0 Å². The molecule has 0 bridgehead atoms. The van der Waals surface area contributed by atoms with E-state index in [9.17, 15) is 22.4 Å². The highest BCUT2D eigenvalue weighted by molar-refractivity contribution is 5.68. The third kappa shape index (κ3) is 6.84. The van der Waals surface area contributed by atoms with E-state index in [1.165, 1.54) is 20.8 Å². The summed E-state index contributed by atoms with van der Waals surface area (Å²) in [6.45, 7) is 4.60. The first-order chi connectivity index (χ1) is 10.9. The van der Waals surface area contributed by atoms with Crippen molar-refractivity contribution >= 4 is 18.0 Å². The van der Waals surface area contributed by atoms with Gasteiger partial charge in [0, 0.05) is 17.8 Å². The average molecular weight is 349 g/mol. The Hall–Kier alpha value is -2.32. The van der Waals surface area contributed by atoms with E-state index in [4.69, 9.17) is 10.5 Å². The molecule has 0 saturated heterocycles. The topological polar surface area (TPSA) is 77.2 Å². The molecule has 0 aliphatic carbocycles. The number of alkyl halides is 3. The molecule has 134 valence electrons. The van der Waals surface area contributed by atoms with Gasteiger partial charge in [-0.2, -0.15) is 13.2 Å². The fourth-order valence-electron chi connectivity index (χ4n) is 1.63. The van der Waals surface area contributed by atoms with E-state index in [-0.39, 0.29) is 11.4 Å². The van der Waals surface area contributed by atoms with Gasteiger partial charge in [-0.1, -0.05) is 12.2 Å². The summed E-state index contributed by atoms with van der Waals surface area (Å²) in [7, 11) is 0. The molecule has 1 aromatic rings. The Morgan fingerprint density at radius 2 is 2.04 bits per heavy atom. The summed E-state index contributed by atoms with van der Waals surface area (Å²) < 4.78 is 57.2. The van der Waals surface area contributed by atoms with E-state index in [0.717, 1.165) is 24.4 Å². The van der Waals surface area contributed by atoms with Gasteiger partial charge in [0.15, 0.2) is 0 Å². The highest BCUT2D eigenvalue weighted by Gasteiger charge is 2.40. The van der Waals surface area contributed by atoms with Gasteiger partial charge < -0.3 is 15.8 Å². The lowest BCUT2D eigenvalue weighted by Crippen LogP contribution is -2.46. The Labute approximate surface area is 136 Å². The second-order valence-corrected chi connectivity index (χ2v) is 6.01. The summed E-state index contributed by atoms with van der Waals surface area (Å²) in [6, 6.07) is -1.20. The van der Waals surface area contributed by atoms with Gasteiger partial charge in [-0.15, -0.1) is 0 Å². The summed E-state index contributed by atoms with van der Waals surface area (Å²) in [5, 5.41) is 1.76. The monoisotopic (exact) mass is 349 g/mol. The molecule has 0 aliphatic rings. The molecule has 1 heterocycles. The number of halogens is 4. The lowest BCUT2D eigenvalue weighted by atomic mass is 10.1. The van der Waals surface area contributed by atoms with Crippen molar-refractivity contribution in [2.45, 2.75) is 45.0 Å². The second kappa shape index (κ2) is 7.50. The van der Waals surface area contributed by atoms with Crippen LogP contribution in [0.4, 0.5) is 28.2 Å². The highest BCUT2D eigenvalue weighted by atomic mass is 19.4. The number of aromatic nitrogens is 1. The maximum absolute atomic E-state index is 13.5. The number of carbonyl (C=O) groups excluding carboxylic acids is 1. The number of hydrogen-bond acceptors (Lipinski definition) is 4. The van der Waals surface area contributed by atoms with Crippen molar-refractivity contribution in [3.8, 4) is 0 Å². The van der Waals surface area contributed by atoms with Crippen molar-refractivity contribution in [2.24, 2.45) is 0 Å². The Balaban J connectivity index is 2.77. The van der Waals surface area contributed by atoms with E-state index in [1.54, 1.807) is 5.32 Å². The third-order valence-corrected chi connectivity index (χ3v) is 2.66. The van der Waals surface area contributed by atoms with Gasteiger partial charge in [-0.3, -0.25) is 0 Å². The summed E-state index contributed by atoms with van der Waals surface area (Å²) >= 11 is 0. The second-order valence-electron chi connectivity index (χ2n) is 6.01. The van der Waals surface area contributed by atoms with Crippen LogP contribution in [-0.4, -0.2) is 28.9 Å². The molecular formula is C15H19F4N3O2. The minimum Gasteiger partial charge on any atom is -0.444 e. The molecule has 5 nitrogen and oxygen atoms in total. The van der Waals surface area contributed by atoms with Crippen LogP contribution in [0, 0.1) is 5.82 Å². The number of anilines is 1. The number of carbonyl (C=O) groups is 1. The van der Waals surface area contributed by atoms with E-state index >= 15 is 0 Å². The fourth-order valence-corrected chi connectivity index (χ4v) is 1.63. The Kier molecular flexibility index (Phi) is 6.16. The molecule has 0 aliphatic heterocycles. The Morgan fingerprint density at radius 3 is 2.54 bits per heavy atom. The van der Waals surface area contributed by atoms with Crippen LogP contribution in [-0.2, 0) is 4.74 Å². The van der Waals surface area contributed by atoms with Gasteiger partial charge in [0.05, 0.1) is 0 Å². The van der Waals surface area contributed by atoms with E-state index in [2.05, 4.69) is 4.98 Å². The first-order valence-electron chi connectivity index (χ1n) is 7.02. The van der Waals surface area contributed by atoms with Crippen LogP contribution >= 0.6 is 0 Å². The predicted molar refractivity (Wildman–Crippen MR) is 81.5 cm³/mol. The van der Waals surface area contributed by atoms with Gasteiger partial charge in [0.25, 0.3) is 0 Å². The normalized spacial score (nSPS) is 13.8. The van der Waals surface area contributed by atoms with Crippen molar-refractivity contribution in [2.75, 3.05) is 5.73 Å². The lowest BCUT2D eigenvalue weighted by molar-refractivity contribution is -0.154. The number of nitrogens with zero attached hydrogens (tertiary/aromatic N) is 1. The predicted octanol–water partition coefficient (Wildman–Crippen LogP) is 3.66. The number of ether oxygens (including phenoxy) is 1. The number of nitrogens with one attached hydrogen (secondary N) is 1. The Morgan fingerprint density at radius 1 is 1.42 bits per heavy atom. The Bertz CT molecular complexity index is 610. The zero-order valence-corrected chi connectivity index (χ0v) is 13.4. The molecule has 0 aromatic carbocycles. The van der Waals surface area contributed by atoms with Crippen LogP contribution in [0.25, 0.3) is 6.08 Å². The number of alkyl carbamates (subject to hydrolysis) is 1. The smallest absolute Gasteiger partial charge is 0.409 e. The summed E-state index contributed by atoms with van der Waals surface area (Å²) in [4.78, 5) is 15.1. The van der Waals surface area contributed by atoms with Crippen LogP contribution in [0.3, 0.4) is 0 Å². The van der Waals surface area contributed by atoms with Gasteiger partial charge in [0.2, 0.25) is 0 Å². The quantitative estimate of drug-likeness (QED) is 0.813. The molecule has 1 amide bonds. The molecule has 0 fully saturated rings. The standard InChI is InChI=1S/C15H19F4N3O2/c1-14(2,3)24-13(23)22-11(15(17,18)19)6-4-5-9-8-21-12(20)7-10(9)16/h4-5,7-8,11H,6H2,1-3H3,(H2,20,21)(H,22,23)/b5-4+/t11-/m1/s1. The first-order valence-corrected chi connectivity index (χ1v) is 7.02. The molecule has 0 radical (unpaired) electrons.